The Morgan fingerprint density at radius 2 is 0.770 bits per heavy atom. The fourth-order valence-electron chi connectivity index (χ4n) is 18.2. The van der Waals surface area contributed by atoms with Crippen LogP contribution in [0, 0.1) is 20.8 Å². The molecule has 9 aromatic carbocycles. The number of ether oxygens (including phenoxy) is 4. The molecule has 25 heteroatoms. The standard InChI is InChI=1S/C31H29BrClN3O3S.C31H31BrClN3O2S.C31H33BrClN3OS.C4H8O/c1-20-2-9-24(10-3-20)40-31(30(38)35-12-14-39-15-13-35)17-28(37)36(19-21-4-6-22(32)7-5-21)29(31)26-18-34-27-16-23(33)8-11-25(26)27;1-21-2-9-25(10-3-21)39-31(20-35-12-14-38-15-13-35)17-29(37)36(19-22-4-6-23(32)7-5-22)30(31)27-18-34-28-16-24(33)8-11-26(27)28;1-22-2-9-26(10-3-22)38-31(21-35-14-16-37-17-15-35)12-13-36(20-23-4-6-24(32)7-5-23)30(31)28-19-34-29-18-25(33)8-11-27(28)29;1-2-4-5-3-1/h2-11,16,18,29,34H,12-15,17,19H2,1H3;2-11,16,18,30,34H,12-15,17,19-20H2,1H3;2-11,18-19,30,34H,12-17,20-21H2,1H3;1-4H2. The van der Waals surface area contributed by atoms with E-state index >= 15 is 0 Å². The Balaban J connectivity index is 0.000000132. The van der Waals surface area contributed by atoms with Gasteiger partial charge in [-0.05, 0) is 171 Å². The molecule has 6 atom stereocenters. The lowest BCUT2D eigenvalue weighted by Crippen LogP contribution is -2.53. The Bertz CT molecular complexity index is 5570. The third-order valence-electron chi connectivity index (χ3n) is 24.2. The summed E-state index contributed by atoms with van der Waals surface area (Å²) in [5, 5.41) is 5.40. The molecule has 3 aromatic heterocycles. The van der Waals surface area contributed by atoms with Gasteiger partial charge in [0.1, 0.15) is 4.75 Å². The molecular weight excluding hydrogens is 1850 g/mol. The molecule has 636 valence electrons. The molecule has 7 fully saturated rings. The highest BCUT2D eigenvalue weighted by molar-refractivity contribution is 9.11. The van der Waals surface area contributed by atoms with Crippen LogP contribution in [0.15, 0.2) is 247 Å². The molecule has 7 saturated heterocycles. The van der Waals surface area contributed by atoms with Crippen LogP contribution in [0.4, 0.5) is 0 Å². The molecule has 7 aliphatic rings. The number of hydrogen-bond acceptors (Lipinski definition) is 13. The number of amides is 3. The SMILES string of the molecule is C1CCOC1.Cc1ccc(SC2(C(=O)N3CCOCC3)CC(=O)N(Cc3ccc(Br)cc3)C2c2c[nH]c3cc(Cl)ccc23)cc1.Cc1ccc(SC2(CN3CCOCC3)CC(=O)N(Cc3ccc(Br)cc3)C2c2c[nH]c3cc(Cl)ccc23)cc1.Cc1ccc(SC2(CN3CCOCC3)CCN(Cc3ccc(Br)cc3)C2c2c[nH]c3cc(Cl)ccc23)cc1. The van der Waals surface area contributed by atoms with Crippen LogP contribution >= 0.6 is 118 Å². The highest BCUT2D eigenvalue weighted by Gasteiger charge is 2.60. The molecule has 12 aromatic rings. The van der Waals surface area contributed by atoms with Gasteiger partial charge < -0.3 is 48.6 Å². The molecule has 0 aliphatic carbocycles. The van der Waals surface area contributed by atoms with E-state index in [-0.39, 0.29) is 41.0 Å². The maximum absolute atomic E-state index is 14.7. The fraction of sp³-hybridized carbons (Fsp3) is 0.351. The number of carbonyl (C=O) groups is 3. The maximum Gasteiger partial charge on any atom is 0.242 e. The summed E-state index contributed by atoms with van der Waals surface area (Å²) in [5.41, 5.74) is 13.5. The number of halogens is 6. The minimum atomic E-state index is -1.08. The Morgan fingerprint density at radius 3 is 1.20 bits per heavy atom. The number of H-pyrrole nitrogens is 3. The molecule has 3 N–H and O–H groups in total. The minimum absolute atomic E-state index is 0.0171. The number of hydrogen-bond donors (Lipinski definition) is 3. The van der Waals surface area contributed by atoms with E-state index < -0.39 is 15.5 Å². The molecule has 122 heavy (non-hydrogen) atoms. The second-order valence-electron chi connectivity index (χ2n) is 32.8. The number of rotatable bonds is 20. The lowest BCUT2D eigenvalue weighted by Gasteiger charge is -2.42. The van der Waals surface area contributed by atoms with Crippen LogP contribution in [-0.2, 0) is 53.0 Å². The number of fused-ring (bicyclic) bond motifs is 3. The van der Waals surface area contributed by atoms with E-state index in [1.165, 1.54) is 62.0 Å². The molecule has 0 spiro atoms. The first-order chi connectivity index (χ1) is 59.2. The van der Waals surface area contributed by atoms with Crippen molar-refractivity contribution in [2.45, 2.75) is 120 Å². The van der Waals surface area contributed by atoms with Gasteiger partial charge in [0.2, 0.25) is 17.7 Å². The van der Waals surface area contributed by atoms with E-state index in [1.807, 2.05) is 138 Å². The Morgan fingerprint density at radius 1 is 0.410 bits per heavy atom. The van der Waals surface area contributed by atoms with Crippen molar-refractivity contribution in [3.8, 4) is 0 Å². The van der Waals surface area contributed by atoms with Crippen LogP contribution in [-0.4, -0.2) is 188 Å². The number of morpholine rings is 3. The van der Waals surface area contributed by atoms with Gasteiger partial charge in [-0.3, -0.25) is 29.1 Å². The predicted octanol–water partition coefficient (Wildman–Crippen LogP) is 22.5. The highest BCUT2D eigenvalue weighted by Crippen LogP contribution is 2.59. The van der Waals surface area contributed by atoms with E-state index in [0.717, 1.165) is 177 Å². The van der Waals surface area contributed by atoms with Gasteiger partial charge in [0.05, 0.1) is 73.7 Å². The van der Waals surface area contributed by atoms with Crippen molar-refractivity contribution < 1.29 is 33.3 Å². The van der Waals surface area contributed by atoms with Crippen LogP contribution in [0.25, 0.3) is 32.7 Å². The summed E-state index contributed by atoms with van der Waals surface area (Å²) in [6.07, 6.45) is 10.5. The van der Waals surface area contributed by atoms with Gasteiger partial charge in [-0.25, -0.2) is 0 Å². The number of likely N-dealkylation sites (tertiary alicyclic amines) is 3. The average molecular weight is 1950 g/mol. The van der Waals surface area contributed by atoms with Crippen LogP contribution < -0.4 is 0 Å². The number of benzene rings is 9. The minimum Gasteiger partial charge on any atom is -0.381 e. The normalized spacial score (nSPS) is 22.2. The fourth-order valence-corrected chi connectivity index (χ4v) is 24.1. The van der Waals surface area contributed by atoms with Gasteiger partial charge in [0.15, 0.2) is 0 Å². The second kappa shape index (κ2) is 40.4. The van der Waals surface area contributed by atoms with Crippen molar-refractivity contribution >= 4 is 168 Å². The van der Waals surface area contributed by atoms with Crippen molar-refractivity contribution in [3.63, 3.8) is 0 Å². The summed E-state index contributed by atoms with van der Waals surface area (Å²) in [7, 11) is 0. The molecule has 19 rings (SSSR count). The van der Waals surface area contributed by atoms with Crippen molar-refractivity contribution in [3.05, 3.63) is 297 Å². The molecule has 0 bridgehead atoms. The summed E-state index contributed by atoms with van der Waals surface area (Å²) in [5.74, 6) is 0.109. The summed E-state index contributed by atoms with van der Waals surface area (Å²) >= 11 is 35.1. The van der Waals surface area contributed by atoms with Crippen LogP contribution in [0.3, 0.4) is 0 Å². The van der Waals surface area contributed by atoms with Crippen molar-refractivity contribution in [1.82, 2.24) is 44.4 Å². The van der Waals surface area contributed by atoms with Crippen molar-refractivity contribution in [2.24, 2.45) is 0 Å². The molecule has 6 unspecified atom stereocenters. The third kappa shape index (κ3) is 20.8. The smallest absolute Gasteiger partial charge is 0.242 e. The number of thioether (sulfide) groups is 3. The summed E-state index contributed by atoms with van der Waals surface area (Å²) < 4.78 is 23.6. The second-order valence-corrected chi connectivity index (χ2v) is 41.2. The first kappa shape index (κ1) is 88.5. The largest absolute Gasteiger partial charge is 0.381 e. The number of aryl methyl sites for hydroxylation is 3. The van der Waals surface area contributed by atoms with Gasteiger partial charge in [-0.15, -0.1) is 35.3 Å². The number of aromatic amines is 3. The Kier molecular flexibility index (Phi) is 29.3. The summed E-state index contributed by atoms with van der Waals surface area (Å²) in [6.45, 7) is 21.8. The van der Waals surface area contributed by atoms with Crippen molar-refractivity contribution in [1.29, 1.82) is 0 Å². The molecule has 16 nitrogen and oxygen atoms in total. The van der Waals surface area contributed by atoms with E-state index in [4.69, 9.17) is 53.8 Å². The summed E-state index contributed by atoms with van der Waals surface area (Å²) in [6, 6.07) is 68.5. The van der Waals surface area contributed by atoms with E-state index in [0.29, 0.717) is 55.9 Å². The highest BCUT2D eigenvalue weighted by atomic mass is 79.9. The van der Waals surface area contributed by atoms with Crippen molar-refractivity contribution in [2.75, 3.05) is 112 Å². The zero-order valence-corrected chi connectivity index (χ0v) is 78.2. The quantitative estimate of drug-likeness (QED) is 0.0664. The molecule has 3 amide bonds. The molecule has 7 aliphatic heterocycles. The molecule has 0 radical (unpaired) electrons. The zero-order chi connectivity index (χ0) is 84.5. The first-order valence-corrected chi connectivity index (χ1v) is 47.9. The number of nitrogens with one attached hydrogen (secondary N) is 3. The van der Waals surface area contributed by atoms with E-state index in [2.05, 4.69) is 217 Å². The number of nitrogens with zero attached hydrogens (tertiary/aromatic N) is 6. The Labute approximate surface area is 767 Å². The first-order valence-electron chi connectivity index (χ1n) is 41.9. The van der Waals surface area contributed by atoms with Gasteiger partial charge in [0, 0.05) is 204 Å². The van der Waals surface area contributed by atoms with Gasteiger partial charge in [-0.1, -0.05) is 190 Å². The lowest BCUT2D eigenvalue weighted by atomic mass is 9.90. The van der Waals surface area contributed by atoms with Gasteiger partial charge in [0.25, 0.3) is 0 Å². The van der Waals surface area contributed by atoms with Crippen LogP contribution in [0.1, 0.15) is 100 Å². The third-order valence-corrected chi connectivity index (χ3v) is 30.8. The maximum atomic E-state index is 14.7. The average Bonchev–Trinajstić information content (AvgIpc) is 1.57. The molecule has 10 heterocycles. The Hall–Kier alpha value is -6.91. The predicted molar refractivity (Wildman–Crippen MR) is 507 cm³/mol. The number of aromatic nitrogens is 3. The molecular formula is C97H101Br3Cl3N9O7S3. The van der Waals surface area contributed by atoms with E-state index in [9.17, 15) is 14.4 Å². The van der Waals surface area contributed by atoms with Gasteiger partial charge in [-0.2, -0.15) is 0 Å². The van der Waals surface area contributed by atoms with Gasteiger partial charge >= 0.3 is 0 Å². The monoisotopic (exact) mass is 1940 g/mol. The molecule has 0 saturated carbocycles. The zero-order valence-electron chi connectivity index (χ0n) is 68.7. The summed E-state index contributed by atoms with van der Waals surface area (Å²) in [4.78, 5) is 70.3. The van der Waals surface area contributed by atoms with Crippen LogP contribution in [0.2, 0.25) is 15.1 Å². The van der Waals surface area contributed by atoms with Crippen LogP contribution in [0.5, 0.6) is 0 Å². The number of carbonyl (C=O) groups excluding carboxylic acids is 3. The van der Waals surface area contributed by atoms with E-state index in [1.54, 1.807) is 0 Å². The lowest BCUT2D eigenvalue weighted by molar-refractivity contribution is -0.138. The topological polar surface area (TPSA) is 155 Å².